The van der Waals surface area contributed by atoms with Crippen molar-refractivity contribution in [1.82, 2.24) is 15.2 Å². The number of nitrogens with two attached hydrogens (primary N) is 1. The van der Waals surface area contributed by atoms with Crippen LogP contribution in [0.25, 0.3) is 11.3 Å². The minimum absolute atomic E-state index is 0.0697. The number of hydrogen-bond acceptors (Lipinski definition) is 7. The number of rotatable bonds is 3. The van der Waals surface area contributed by atoms with E-state index in [9.17, 15) is 10.2 Å². The standard InChI is InChI=1S/C16H13N5O2/c17-20-15(12-7-6-11(22)8-14(12)23)16-19-13(9-18-21-16)10-4-2-1-3-5-10/h1-9,22-23H,17H2/b20-15+. The Morgan fingerprint density at radius 3 is 2.52 bits per heavy atom. The molecule has 4 N–H and O–H groups in total. The smallest absolute Gasteiger partial charge is 0.203 e. The molecule has 0 unspecified atom stereocenters. The number of benzene rings is 2. The van der Waals surface area contributed by atoms with Crippen LogP contribution < -0.4 is 5.84 Å². The average Bonchev–Trinajstić information content (AvgIpc) is 2.58. The first-order chi connectivity index (χ1) is 11.2. The fraction of sp³-hybridized carbons (Fsp3) is 0. The Balaban J connectivity index is 2.06. The lowest BCUT2D eigenvalue weighted by atomic mass is 10.1. The zero-order valence-electron chi connectivity index (χ0n) is 12.0. The van der Waals surface area contributed by atoms with E-state index in [0.29, 0.717) is 11.3 Å². The van der Waals surface area contributed by atoms with Crippen molar-refractivity contribution >= 4 is 5.71 Å². The zero-order chi connectivity index (χ0) is 16.2. The highest BCUT2D eigenvalue weighted by atomic mass is 16.3. The Bertz CT molecular complexity index is 865. The number of phenolic OH excluding ortho intramolecular Hbond substituents is 2. The van der Waals surface area contributed by atoms with E-state index >= 15 is 0 Å². The molecule has 114 valence electrons. The quantitative estimate of drug-likeness (QED) is 0.385. The summed E-state index contributed by atoms with van der Waals surface area (Å²) in [5, 5.41) is 30.9. The molecular formula is C16H13N5O2. The van der Waals surface area contributed by atoms with Gasteiger partial charge in [-0.25, -0.2) is 4.98 Å². The lowest BCUT2D eigenvalue weighted by Crippen LogP contribution is -2.12. The van der Waals surface area contributed by atoms with Gasteiger partial charge < -0.3 is 16.1 Å². The van der Waals surface area contributed by atoms with E-state index < -0.39 is 0 Å². The summed E-state index contributed by atoms with van der Waals surface area (Å²) < 4.78 is 0. The maximum atomic E-state index is 9.97. The first-order valence-corrected chi connectivity index (χ1v) is 6.75. The molecule has 0 saturated heterocycles. The number of nitrogens with zero attached hydrogens (tertiary/aromatic N) is 4. The molecule has 0 atom stereocenters. The number of aromatic hydroxyl groups is 2. The highest BCUT2D eigenvalue weighted by Gasteiger charge is 2.16. The van der Waals surface area contributed by atoms with E-state index in [2.05, 4.69) is 20.3 Å². The van der Waals surface area contributed by atoms with Gasteiger partial charge in [0, 0.05) is 17.2 Å². The van der Waals surface area contributed by atoms with Gasteiger partial charge in [0.25, 0.3) is 0 Å². The second-order valence-electron chi connectivity index (χ2n) is 4.71. The van der Waals surface area contributed by atoms with Crippen LogP contribution in [0.3, 0.4) is 0 Å². The third-order valence-corrected chi connectivity index (χ3v) is 3.21. The predicted molar refractivity (Wildman–Crippen MR) is 84.9 cm³/mol. The number of phenols is 2. The second-order valence-corrected chi connectivity index (χ2v) is 4.71. The van der Waals surface area contributed by atoms with Crippen molar-refractivity contribution in [3.8, 4) is 22.8 Å². The van der Waals surface area contributed by atoms with Crippen LogP contribution in [-0.2, 0) is 0 Å². The van der Waals surface area contributed by atoms with Crippen LogP contribution in [0.5, 0.6) is 11.5 Å². The highest BCUT2D eigenvalue weighted by Crippen LogP contribution is 2.25. The van der Waals surface area contributed by atoms with Crippen LogP contribution >= 0.6 is 0 Å². The van der Waals surface area contributed by atoms with Crippen LogP contribution in [-0.4, -0.2) is 31.1 Å². The average molecular weight is 307 g/mol. The van der Waals surface area contributed by atoms with Crippen molar-refractivity contribution in [3.05, 3.63) is 66.1 Å². The summed E-state index contributed by atoms with van der Waals surface area (Å²) in [5.74, 6) is 5.37. The Kier molecular flexibility index (Phi) is 3.84. The number of hydrogen-bond donors (Lipinski definition) is 3. The Morgan fingerprint density at radius 1 is 1.04 bits per heavy atom. The van der Waals surface area contributed by atoms with Crippen LogP contribution in [0.1, 0.15) is 11.4 Å². The lowest BCUT2D eigenvalue weighted by Gasteiger charge is -2.07. The summed E-state index contributed by atoms with van der Waals surface area (Å²) in [6.07, 6.45) is 1.53. The van der Waals surface area contributed by atoms with Gasteiger partial charge in [-0.05, 0) is 12.1 Å². The molecule has 0 fully saturated rings. The number of aromatic nitrogens is 3. The molecular weight excluding hydrogens is 294 g/mol. The van der Waals surface area contributed by atoms with Crippen LogP contribution in [0.2, 0.25) is 0 Å². The first kappa shape index (κ1) is 14.5. The van der Waals surface area contributed by atoms with E-state index in [1.54, 1.807) is 0 Å². The summed E-state index contributed by atoms with van der Waals surface area (Å²) in [4.78, 5) is 4.40. The molecule has 7 nitrogen and oxygen atoms in total. The van der Waals surface area contributed by atoms with Gasteiger partial charge in [0.1, 0.15) is 17.2 Å². The van der Waals surface area contributed by atoms with Gasteiger partial charge in [-0.1, -0.05) is 30.3 Å². The molecule has 2 aromatic carbocycles. The monoisotopic (exact) mass is 307 g/mol. The molecule has 7 heteroatoms. The van der Waals surface area contributed by atoms with Crippen molar-refractivity contribution < 1.29 is 10.2 Å². The van der Waals surface area contributed by atoms with Crippen molar-refractivity contribution in [2.45, 2.75) is 0 Å². The van der Waals surface area contributed by atoms with Gasteiger partial charge >= 0.3 is 0 Å². The first-order valence-electron chi connectivity index (χ1n) is 6.75. The van der Waals surface area contributed by atoms with E-state index in [1.165, 1.54) is 24.4 Å². The molecule has 0 bridgehead atoms. The van der Waals surface area contributed by atoms with Crippen molar-refractivity contribution in [2.75, 3.05) is 0 Å². The normalized spacial score (nSPS) is 11.4. The summed E-state index contributed by atoms with van der Waals surface area (Å²) in [5.41, 5.74) is 1.95. The van der Waals surface area contributed by atoms with Gasteiger partial charge in [0.05, 0.1) is 11.9 Å². The third kappa shape index (κ3) is 2.93. The number of hydrazone groups is 1. The van der Waals surface area contributed by atoms with Gasteiger partial charge in [-0.15, -0.1) is 5.10 Å². The molecule has 0 spiro atoms. The molecule has 1 heterocycles. The minimum Gasteiger partial charge on any atom is -0.508 e. The molecule has 1 aromatic heterocycles. The van der Waals surface area contributed by atoms with E-state index in [4.69, 9.17) is 5.84 Å². The Morgan fingerprint density at radius 2 is 1.83 bits per heavy atom. The molecule has 23 heavy (non-hydrogen) atoms. The highest BCUT2D eigenvalue weighted by molar-refractivity contribution is 6.12. The van der Waals surface area contributed by atoms with E-state index in [0.717, 1.165) is 5.56 Å². The maximum absolute atomic E-state index is 9.97. The lowest BCUT2D eigenvalue weighted by molar-refractivity contribution is 0.450. The summed E-state index contributed by atoms with van der Waals surface area (Å²) >= 11 is 0. The molecule has 0 aliphatic carbocycles. The Hall–Kier alpha value is -3.48. The maximum Gasteiger partial charge on any atom is 0.203 e. The fourth-order valence-electron chi connectivity index (χ4n) is 2.12. The summed E-state index contributed by atoms with van der Waals surface area (Å²) in [6, 6.07) is 13.6. The predicted octanol–water partition coefficient (Wildman–Crippen LogP) is 1.66. The SMILES string of the molecule is N/N=C(/c1nncc(-c2ccccc2)n1)c1ccc(O)cc1O. The summed E-state index contributed by atoms with van der Waals surface area (Å²) in [7, 11) is 0. The van der Waals surface area contributed by atoms with Gasteiger partial charge in [-0.2, -0.15) is 10.2 Å². The van der Waals surface area contributed by atoms with Gasteiger partial charge in [-0.3, -0.25) is 0 Å². The largest absolute Gasteiger partial charge is 0.508 e. The summed E-state index contributed by atoms with van der Waals surface area (Å²) in [6.45, 7) is 0. The third-order valence-electron chi connectivity index (χ3n) is 3.21. The van der Waals surface area contributed by atoms with Gasteiger partial charge in [0.15, 0.2) is 0 Å². The van der Waals surface area contributed by atoms with Crippen molar-refractivity contribution in [2.24, 2.45) is 10.9 Å². The van der Waals surface area contributed by atoms with Crippen LogP contribution in [0, 0.1) is 0 Å². The van der Waals surface area contributed by atoms with Gasteiger partial charge in [0.2, 0.25) is 5.82 Å². The second kappa shape index (κ2) is 6.10. The van der Waals surface area contributed by atoms with Crippen LogP contribution in [0.4, 0.5) is 0 Å². The molecule has 3 aromatic rings. The molecule has 0 radical (unpaired) electrons. The van der Waals surface area contributed by atoms with E-state index in [-0.39, 0.29) is 23.0 Å². The molecule has 0 aliphatic heterocycles. The molecule has 0 amide bonds. The Labute approximate surface area is 131 Å². The van der Waals surface area contributed by atoms with E-state index in [1.807, 2.05) is 30.3 Å². The molecule has 0 aliphatic rings. The topological polar surface area (TPSA) is 118 Å². The van der Waals surface area contributed by atoms with Crippen LogP contribution in [0.15, 0.2) is 59.8 Å². The zero-order valence-corrected chi connectivity index (χ0v) is 12.0. The van der Waals surface area contributed by atoms with Crippen molar-refractivity contribution in [3.63, 3.8) is 0 Å². The van der Waals surface area contributed by atoms with Crippen molar-refractivity contribution in [1.29, 1.82) is 0 Å². The molecule has 0 saturated carbocycles. The minimum atomic E-state index is -0.178. The molecule has 3 rings (SSSR count). The fourth-order valence-corrected chi connectivity index (χ4v) is 2.12.